The Morgan fingerprint density at radius 3 is 2.64 bits per heavy atom. The molecule has 0 atom stereocenters. The van der Waals surface area contributed by atoms with Crippen molar-refractivity contribution < 1.29 is 14.0 Å². The van der Waals surface area contributed by atoms with Gasteiger partial charge in [-0.25, -0.2) is 0 Å². The molecule has 1 saturated heterocycles. The number of furan rings is 1. The molecule has 7 nitrogen and oxygen atoms in total. The van der Waals surface area contributed by atoms with Crippen LogP contribution in [0.5, 0.6) is 0 Å². The summed E-state index contributed by atoms with van der Waals surface area (Å²) >= 11 is 0. The van der Waals surface area contributed by atoms with E-state index < -0.39 is 0 Å². The lowest BCUT2D eigenvalue weighted by atomic mass is 10.1. The number of piperazine rings is 1. The molecule has 3 aromatic rings. The molecule has 0 radical (unpaired) electrons. The number of aromatic nitrogens is 2. The second kappa shape index (κ2) is 7.72. The van der Waals surface area contributed by atoms with E-state index in [0.29, 0.717) is 31.9 Å². The number of aryl methyl sites for hydroxylation is 1. The minimum absolute atomic E-state index is 0.0523. The van der Waals surface area contributed by atoms with Crippen molar-refractivity contribution in [2.24, 2.45) is 0 Å². The molecule has 1 fully saturated rings. The first-order chi connectivity index (χ1) is 13.6. The molecule has 144 valence electrons. The Balaban J connectivity index is 1.36. The molecule has 2 amide bonds. The van der Waals surface area contributed by atoms with Crippen LogP contribution in [0.15, 0.2) is 59.3 Å². The first-order valence-corrected chi connectivity index (χ1v) is 9.27. The van der Waals surface area contributed by atoms with Crippen molar-refractivity contribution in [3.63, 3.8) is 0 Å². The van der Waals surface area contributed by atoms with Crippen LogP contribution >= 0.6 is 0 Å². The third kappa shape index (κ3) is 3.98. The van der Waals surface area contributed by atoms with Crippen molar-refractivity contribution in [2.45, 2.75) is 20.0 Å². The normalized spacial score (nSPS) is 14.5. The fourth-order valence-corrected chi connectivity index (χ4v) is 3.25. The van der Waals surface area contributed by atoms with E-state index in [-0.39, 0.29) is 24.1 Å². The van der Waals surface area contributed by atoms with Crippen LogP contribution in [0.1, 0.15) is 27.4 Å². The summed E-state index contributed by atoms with van der Waals surface area (Å²) < 4.78 is 7.39. The second-order valence-electron chi connectivity index (χ2n) is 7.00. The van der Waals surface area contributed by atoms with Gasteiger partial charge < -0.3 is 14.2 Å². The van der Waals surface area contributed by atoms with Crippen molar-refractivity contribution in [2.75, 3.05) is 19.6 Å². The molecule has 0 N–H and O–H groups in total. The first-order valence-electron chi connectivity index (χ1n) is 9.27. The lowest BCUT2D eigenvalue weighted by molar-refractivity contribution is -0.135. The minimum atomic E-state index is -0.255. The van der Waals surface area contributed by atoms with Gasteiger partial charge in [0.1, 0.15) is 12.3 Å². The van der Waals surface area contributed by atoms with Gasteiger partial charge in [0.15, 0.2) is 5.76 Å². The van der Waals surface area contributed by atoms with Gasteiger partial charge in [-0.15, -0.1) is 0 Å². The van der Waals surface area contributed by atoms with E-state index in [2.05, 4.69) is 5.10 Å². The topological polar surface area (TPSA) is 71.6 Å². The van der Waals surface area contributed by atoms with E-state index in [4.69, 9.17) is 4.42 Å². The first kappa shape index (κ1) is 18.0. The predicted octanol–water partition coefficient (Wildman–Crippen LogP) is 2.32. The molecule has 0 unspecified atom stereocenters. The molecule has 28 heavy (non-hydrogen) atoms. The van der Waals surface area contributed by atoms with E-state index in [9.17, 15) is 9.59 Å². The van der Waals surface area contributed by atoms with Gasteiger partial charge in [-0.1, -0.05) is 29.8 Å². The van der Waals surface area contributed by atoms with Crippen molar-refractivity contribution in [3.8, 4) is 0 Å². The van der Waals surface area contributed by atoms with E-state index in [1.165, 1.54) is 5.56 Å². The number of carbonyl (C=O) groups excluding carboxylic acids is 2. The Kier molecular flexibility index (Phi) is 4.97. The van der Waals surface area contributed by atoms with Gasteiger partial charge in [-0.3, -0.25) is 14.3 Å². The highest BCUT2D eigenvalue weighted by molar-refractivity contribution is 5.95. The van der Waals surface area contributed by atoms with Crippen molar-refractivity contribution >= 4 is 11.8 Å². The molecule has 7 heteroatoms. The largest absolute Gasteiger partial charge is 0.454 e. The molecule has 0 saturated carbocycles. The number of hydrogen-bond donors (Lipinski definition) is 0. The molecule has 4 rings (SSSR count). The van der Waals surface area contributed by atoms with Crippen LogP contribution in [0.25, 0.3) is 0 Å². The highest BCUT2D eigenvalue weighted by Gasteiger charge is 2.29. The predicted molar refractivity (Wildman–Crippen MR) is 103 cm³/mol. The maximum atomic E-state index is 12.7. The summed E-state index contributed by atoms with van der Waals surface area (Å²) in [5, 5.41) is 4.12. The van der Waals surface area contributed by atoms with Crippen LogP contribution in [0, 0.1) is 6.92 Å². The van der Waals surface area contributed by atoms with Crippen molar-refractivity contribution in [1.29, 1.82) is 0 Å². The minimum Gasteiger partial charge on any atom is -0.454 e. The van der Waals surface area contributed by atoms with Crippen LogP contribution in [0.2, 0.25) is 0 Å². The van der Waals surface area contributed by atoms with Gasteiger partial charge in [0.05, 0.1) is 6.54 Å². The number of hydrogen-bond acceptors (Lipinski definition) is 4. The summed E-state index contributed by atoms with van der Waals surface area (Å²) in [6, 6.07) is 13.4. The molecule has 0 aliphatic carbocycles. The Morgan fingerprint density at radius 1 is 1.11 bits per heavy atom. The summed E-state index contributed by atoms with van der Waals surface area (Å²) in [7, 11) is 0. The van der Waals surface area contributed by atoms with Crippen LogP contribution in [-0.4, -0.2) is 51.0 Å². The number of nitrogens with zero attached hydrogens (tertiary/aromatic N) is 4. The summed E-state index contributed by atoms with van der Waals surface area (Å²) in [6.07, 6.45) is 3.52. The molecule has 3 heterocycles. The standard InChI is InChI=1S/C21H22N4O3/c1-16-3-5-17(6-4-16)13-23-11-12-24(15-20(23)26)21(27)19-8-7-18(28-19)14-25-10-2-9-22-25/h2-10H,11-15H2,1H3. The van der Waals surface area contributed by atoms with Gasteiger partial charge in [0, 0.05) is 32.0 Å². The molecule has 1 aromatic carbocycles. The van der Waals surface area contributed by atoms with Crippen molar-refractivity contribution in [3.05, 3.63) is 77.5 Å². The van der Waals surface area contributed by atoms with E-state index >= 15 is 0 Å². The monoisotopic (exact) mass is 378 g/mol. The summed E-state index contributed by atoms with van der Waals surface area (Å²) in [6.45, 7) is 4.14. The second-order valence-corrected chi connectivity index (χ2v) is 7.00. The van der Waals surface area contributed by atoms with Crippen LogP contribution in [0.3, 0.4) is 0 Å². The summed E-state index contributed by atoms with van der Waals surface area (Å²) in [4.78, 5) is 28.6. The zero-order valence-electron chi connectivity index (χ0n) is 15.7. The number of amides is 2. The molecule has 0 bridgehead atoms. The molecule has 1 aliphatic rings. The maximum absolute atomic E-state index is 12.7. The fourth-order valence-electron chi connectivity index (χ4n) is 3.25. The van der Waals surface area contributed by atoms with Gasteiger partial charge in [-0.05, 0) is 30.7 Å². The van der Waals surface area contributed by atoms with Gasteiger partial charge in [-0.2, -0.15) is 5.10 Å². The Morgan fingerprint density at radius 2 is 1.93 bits per heavy atom. The summed E-state index contributed by atoms with van der Waals surface area (Å²) in [5.74, 6) is 0.594. The van der Waals surface area contributed by atoms with Gasteiger partial charge in [0.2, 0.25) is 5.91 Å². The Labute approximate surface area is 163 Å². The Bertz CT molecular complexity index is 960. The van der Waals surface area contributed by atoms with Crippen molar-refractivity contribution in [1.82, 2.24) is 19.6 Å². The average Bonchev–Trinajstić information content (AvgIpc) is 3.37. The van der Waals surface area contributed by atoms with E-state index in [0.717, 1.165) is 5.56 Å². The van der Waals surface area contributed by atoms with Crippen LogP contribution in [0.4, 0.5) is 0 Å². The molecule has 1 aliphatic heterocycles. The van der Waals surface area contributed by atoms with E-state index in [1.54, 1.807) is 32.8 Å². The zero-order valence-corrected chi connectivity index (χ0v) is 15.7. The molecular weight excluding hydrogens is 356 g/mol. The SMILES string of the molecule is Cc1ccc(CN2CCN(C(=O)c3ccc(Cn4cccn4)o3)CC2=O)cc1. The van der Waals surface area contributed by atoms with Crippen LogP contribution in [-0.2, 0) is 17.9 Å². The number of benzene rings is 1. The van der Waals surface area contributed by atoms with Gasteiger partial charge in [0.25, 0.3) is 5.91 Å². The third-order valence-corrected chi connectivity index (χ3v) is 4.85. The third-order valence-electron chi connectivity index (χ3n) is 4.85. The van der Waals surface area contributed by atoms with Crippen LogP contribution < -0.4 is 0 Å². The lowest BCUT2D eigenvalue weighted by Crippen LogP contribution is -2.51. The quantitative estimate of drug-likeness (QED) is 0.683. The fraction of sp³-hybridized carbons (Fsp3) is 0.286. The maximum Gasteiger partial charge on any atom is 0.290 e. The number of rotatable bonds is 5. The Hall–Kier alpha value is -3.35. The lowest BCUT2D eigenvalue weighted by Gasteiger charge is -2.34. The number of carbonyl (C=O) groups is 2. The summed E-state index contributed by atoms with van der Waals surface area (Å²) in [5.41, 5.74) is 2.28. The molecule has 2 aromatic heterocycles. The smallest absolute Gasteiger partial charge is 0.290 e. The molecular formula is C21H22N4O3. The zero-order chi connectivity index (χ0) is 19.5. The highest BCUT2D eigenvalue weighted by Crippen LogP contribution is 2.16. The molecule has 0 spiro atoms. The average molecular weight is 378 g/mol. The van der Waals surface area contributed by atoms with Gasteiger partial charge >= 0.3 is 0 Å². The van der Waals surface area contributed by atoms with E-state index in [1.807, 2.05) is 43.5 Å². The highest BCUT2D eigenvalue weighted by atomic mass is 16.4.